The third kappa shape index (κ3) is 7.49. The fourth-order valence-electron chi connectivity index (χ4n) is 13.3. The first kappa shape index (κ1) is 46.4. The van der Waals surface area contributed by atoms with Gasteiger partial charge in [-0.15, -0.1) is 11.8 Å². The summed E-state index contributed by atoms with van der Waals surface area (Å²) in [4.78, 5) is 16.1. The molecule has 11 aromatic rings. The number of ether oxygens (including phenoxy) is 1. The molecule has 2 atom stereocenters. The number of pyridine rings is 1. The summed E-state index contributed by atoms with van der Waals surface area (Å²) in [6, 6.07) is 96.4. The van der Waals surface area contributed by atoms with E-state index in [9.17, 15) is 0 Å². The van der Waals surface area contributed by atoms with E-state index in [2.05, 4.69) is 293 Å². The van der Waals surface area contributed by atoms with Crippen LogP contribution in [0.1, 0.15) is 0 Å². The van der Waals surface area contributed by atoms with Gasteiger partial charge in [0.15, 0.2) is 0 Å². The van der Waals surface area contributed by atoms with Crippen LogP contribution in [0.15, 0.2) is 301 Å². The minimum Gasteiger partial charge on any atom is -0.458 e. The number of anilines is 11. The van der Waals surface area contributed by atoms with Crippen LogP contribution in [0.25, 0.3) is 11.3 Å². The molecule has 1 aliphatic carbocycles. The predicted molar refractivity (Wildman–Crippen MR) is 335 cm³/mol. The van der Waals surface area contributed by atoms with Crippen LogP contribution in [-0.4, -0.2) is 23.7 Å². The van der Waals surface area contributed by atoms with Crippen molar-refractivity contribution in [2.45, 2.75) is 16.0 Å². The summed E-state index contributed by atoms with van der Waals surface area (Å²) in [5.41, 5.74) is 21.6. The second-order valence-electron chi connectivity index (χ2n) is 20.9. The summed E-state index contributed by atoms with van der Waals surface area (Å²) >= 11 is 2.00. The minimum atomic E-state index is -0.121. The number of aromatic nitrogens is 1. The maximum atomic E-state index is 7.25. The van der Waals surface area contributed by atoms with Crippen molar-refractivity contribution in [3.63, 3.8) is 0 Å². The van der Waals surface area contributed by atoms with Crippen LogP contribution in [0.5, 0.6) is 11.5 Å². The molecule has 0 N–H and O–H groups in total. The quantitative estimate of drug-likeness (QED) is 0.133. The van der Waals surface area contributed by atoms with Gasteiger partial charge in [-0.1, -0.05) is 158 Å². The Hall–Kier alpha value is -9.69. The maximum Gasteiger partial charge on any atom is 0.255 e. The van der Waals surface area contributed by atoms with Crippen LogP contribution < -0.4 is 46.2 Å². The normalized spacial score (nSPS) is 15.8. The molecule has 0 amide bonds. The van der Waals surface area contributed by atoms with Crippen molar-refractivity contribution in [3.8, 4) is 22.8 Å². The monoisotopic (exact) mass is 1040 g/mol. The van der Waals surface area contributed by atoms with E-state index in [0.717, 1.165) is 79.4 Å². The molecular weight excluding hydrogens is 993 g/mol. The molecule has 5 aliphatic rings. The molecule has 0 bridgehead atoms. The Kier molecular flexibility index (Phi) is 11.0. The topological polar surface area (TPSA) is 35.1 Å². The fraction of sp³-hybridized carbons (Fsp3) is 0.0282. The zero-order chi connectivity index (χ0) is 52.7. The number of thioether (sulfide) groups is 1. The maximum absolute atomic E-state index is 7.25. The first-order valence-corrected chi connectivity index (χ1v) is 28.4. The van der Waals surface area contributed by atoms with E-state index in [4.69, 9.17) is 9.72 Å². The van der Waals surface area contributed by atoms with Gasteiger partial charge in [-0.05, 0) is 148 Å². The highest BCUT2D eigenvalue weighted by molar-refractivity contribution is 8.00. The standard InChI is InChI=1S/C71H49B2N5OS/c1-6-24-48(25-7-1)75(49-26-8-2-9-27-49)53-42-64-70-67(44-53)79-66-40-21-18-36-57(66)73(70)58-46-59-68(47-63(58)78(64)61-38-19-16-34-55(61)60-37-22-23-41-74-60)80-69-45-54(76(50-28-10-3-11-29-50)51-30-12-4-13-31-51)43-65-71(69)72(59)56-35-17-20-39-62(56)77(65)52-32-14-5-15-33-52/h1-47,59,68H. The van der Waals surface area contributed by atoms with E-state index in [0.29, 0.717) is 0 Å². The van der Waals surface area contributed by atoms with E-state index < -0.39 is 0 Å². The number of allylic oxidation sites excluding steroid dienone is 2. The number of hydrogen-bond donors (Lipinski definition) is 0. The number of fused-ring (bicyclic) bond motifs is 8. The molecule has 10 aromatic carbocycles. The average Bonchev–Trinajstić information content (AvgIpc) is 3.71. The van der Waals surface area contributed by atoms with Crippen LogP contribution >= 0.6 is 11.8 Å². The van der Waals surface area contributed by atoms with E-state index in [-0.39, 0.29) is 24.5 Å². The number of nitrogens with zero attached hydrogens (tertiary/aromatic N) is 5. The largest absolute Gasteiger partial charge is 0.458 e. The summed E-state index contributed by atoms with van der Waals surface area (Å²) in [6.07, 6.45) is 7.22. The van der Waals surface area contributed by atoms with Crippen molar-refractivity contribution in [3.05, 3.63) is 296 Å². The predicted octanol–water partition coefficient (Wildman–Crippen LogP) is 15.9. The summed E-state index contributed by atoms with van der Waals surface area (Å²) in [5.74, 6) is 1.82. The Labute approximate surface area is 471 Å². The van der Waals surface area contributed by atoms with Crippen LogP contribution in [0.3, 0.4) is 0 Å². The van der Waals surface area contributed by atoms with Gasteiger partial charge in [0.2, 0.25) is 6.71 Å². The average molecular weight is 1040 g/mol. The molecule has 0 spiro atoms. The van der Waals surface area contributed by atoms with Gasteiger partial charge in [0.05, 0.1) is 17.1 Å². The van der Waals surface area contributed by atoms with Crippen molar-refractivity contribution in [2.24, 2.45) is 0 Å². The molecule has 0 fully saturated rings. The van der Waals surface area contributed by atoms with E-state index in [1.165, 1.54) is 43.8 Å². The molecule has 5 heterocycles. The van der Waals surface area contributed by atoms with E-state index >= 15 is 0 Å². The molecule has 9 heteroatoms. The van der Waals surface area contributed by atoms with E-state index in [1.54, 1.807) is 0 Å². The Morgan fingerprint density at radius 3 is 1.60 bits per heavy atom. The summed E-state index contributed by atoms with van der Waals surface area (Å²) < 4.78 is 7.25. The molecule has 0 radical (unpaired) electrons. The van der Waals surface area contributed by atoms with E-state index in [1.807, 2.05) is 24.0 Å². The van der Waals surface area contributed by atoms with Gasteiger partial charge < -0.3 is 24.3 Å². The molecule has 4 aliphatic heterocycles. The van der Waals surface area contributed by atoms with Gasteiger partial charge in [-0.25, -0.2) is 0 Å². The van der Waals surface area contributed by atoms with Gasteiger partial charge in [0, 0.05) is 84.9 Å². The SMILES string of the molecule is C1=C2B3c4ccccc4Oc4cc(N(c5ccccc5)c5ccccc5)cc(c43)N(c3ccccc3-c3ccccn3)C2=CC2Sc3cc(N(c4ccccc4)c4ccccc4)cc4c3B(c3ccccc3N4c3ccccc3)C12. The summed E-state index contributed by atoms with van der Waals surface area (Å²) in [5, 5.41) is 0.0431. The lowest BCUT2D eigenvalue weighted by atomic mass is 9.28. The fourth-order valence-corrected chi connectivity index (χ4v) is 14.7. The second-order valence-corrected chi connectivity index (χ2v) is 22.2. The van der Waals surface area contributed by atoms with Gasteiger partial charge in [-0.2, -0.15) is 0 Å². The smallest absolute Gasteiger partial charge is 0.255 e. The molecule has 1 aromatic heterocycles. The first-order chi connectivity index (χ1) is 39.7. The van der Waals surface area contributed by atoms with Gasteiger partial charge >= 0.3 is 0 Å². The lowest BCUT2D eigenvalue weighted by molar-refractivity contribution is 0.487. The Morgan fingerprint density at radius 1 is 0.425 bits per heavy atom. The zero-order valence-electron chi connectivity index (χ0n) is 43.5. The number of hydrogen-bond acceptors (Lipinski definition) is 7. The lowest BCUT2D eigenvalue weighted by Gasteiger charge is -2.49. The van der Waals surface area contributed by atoms with Gasteiger partial charge in [-0.3, -0.25) is 4.98 Å². The molecule has 0 saturated carbocycles. The molecule has 16 rings (SSSR count). The summed E-state index contributed by atoms with van der Waals surface area (Å²) in [7, 11) is 0. The third-order valence-corrected chi connectivity index (χ3v) is 17.8. The first-order valence-electron chi connectivity index (χ1n) is 27.5. The zero-order valence-corrected chi connectivity index (χ0v) is 44.3. The molecule has 2 unspecified atom stereocenters. The number of rotatable bonds is 9. The highest BCUT2D eigenvalue weighted by Crippen LogP contribution is 2.55. The van der Waals surface area contributed by atoms with Gasteiger partial charge in [0.1, 0.15) is 11.5 Å². The molecule has 6 nitrogen and oxygen atoms in total. The molecule has 376 valence electrons. The summed E-state index contributed by atoms with van der Waals surface area (Å²) in [6.45, 7) is -0.0777. The highest BCUT2D eigenvalue weighted by Gasteiger charge is 2.52. The number of para-hydroxylation sites is 8. The third-order valence-electron chi connectivity index (χ3n) is 16.5. The number of benzene rings is 10. The lowest BCUT2D eigenvalue weighted by Crippen LogP contribution is -2.59. The molecule has 0 saturated heterocycles. The van der Waals surface area contributed by atoms with Crippen molar-refractivity contribution < 1.29 is 4.74 Å². The van der Waals surface area contributed by atoms with Crippen LogP contribution in [0.4, 0.5) is 62.6 Å². The minimum absolute atomic E-state index is 0.0431. The molecular formula is C71H49B2N5OS. The van der Waals surface area contributed by atoms with Crippen molar-refractivity contribution in [1.29, 1.82) is 0 Å². The van der Waals surface area contributed by atoms with Crippen LogP contribution in [-0.2, 0) is 0 Å². The molecule has 80 heavy (non-hydrogen) atoms. The Morgan fingerprint density at radius 2 is 0.963 bits per heavy atom. The second kappa shape index (κ2) is 19.0. The van der Waals surface area contributed by atoms with Crippen molar-refractivity contribution in [2.75, 3.05) is 19.6 Å². The van der Waals surface area contributed by atoms with Crippen molar-refractivity contribution >= 4 is 110 Å². The van der Waals surface area contributed by atoms with Crippen LogP contribution in [0, 0.1) is 0 Å². The Balaban J connectivity index is 0.968. The van der Waals surface area contributed by atoms with Crippen molar-refractivity contribution in [1.82, 2.24) is 4.98 Å². The Bertz CT molecular complexity index is 4170. The van der Waals surface area contributed by atoms with Gasteiger partial charge in [0.25, 0.3) is 6.71 Å². The highest BCUT2D eigenvalue weighted by atomic mass is 32.2. The van der Waals surface area contributed by atoms with Crippen LogP contribution in [0.2, 0.25) is 5.82 Å².